The second-order valence-electron chi connectivity index (χ2n) is 18.4. The first-order chi connectivity index (χ1) is 31.8. The van der Waals surface area contributed by atoms with Gasteiger partial charge in [0.1, 0.15) is 53.4 Å². The van der Waals surface area contributed by atoms with Gasteiger partial charge in [-0.25, -0.2) is 33.5 Å². The Morgan fingerprint density at radius 3 is 1.76 bits per heavy atom. The fraction of sp³-hybridized carbons (Fsp3) is 0.269. The molecule has 3 aliphatic rings. The molecule has 3 N–H and O–H groups in total. The smallest absolute Gasteiger partial charge is 0.328 e. The lowest BCUT2D eigenvalue weighted by Crippen LogP contribution is -2.61. The van der Waals surface area contributed by atoms with Crippen molar-refractivity contribution < 1.29 is 28.6 Å². The number of carbonyl (C=O) groups is 2. The number of rotatable bonds is 14. The minimum Gasteiger partial charge on any atom is -0.480 e. The molecule has 5 heterocycles. The standard InChI is InChI=1S/C52H44F2N6O4S2/c1-49(2,47(61)62)55-28-31-25-35(42(37(54)27-31)46-57-39-16-18-41(59-45(39)66-46)51(21-22-51)33-11-7-4-8-12-33)52(48(63)64)23-24-60(52)29-30-13-14-34(36(53)26-30)43-56-38-15-17-40(58-44(38)65-43)50(19-20-50)32-9-5-3-6-10-32/h3-18,25-27,55H,19-24,28-29H2,1-2H3,(H,61,62)(H,63,64). The summed E-state index contributed by atoms with van der Waals surface area (Å²) in [6, 6.07) is 36.2. The van der Waals surface area contributed by atoms with Crippen molar-refractivity contribution in [2.24, 2.45) is 0 Å². The van der Waals surface area contributed by atoms with Crippen LogP contribution < -0.4 is 5.32 Å². The summed E-state index contributed by atoms with van der Waals surface area (Å²) in [4.78, 5) is 48.5. The third-order valence-corrected chi connectivity index (χ3v) is 16.0. The lowest BCUT2D eigenvalue weighted by atomic mass is 9.75. The summed E-state index contributed by atoms with van der Waals surface area (Å²) in [7, 11) is 0. The maximum atomic E-state index is 16.9. The van der Waals surface area contributed by atoms with Crippen molar-refractivity contribution in [3.8, 4) is 21.1 Å². The molecule has 332 valence electrons. The van der Waals surface area contributed by atoms with Crippen LogP contribution in [0.3, 0.4) is 0 Å². The fourth-order valence-electron chi connectivity index (χ4n) is 9.67. The quantitative estimate of drug-likeness (QED) is 0.0965. The lowest BCUT2D eigenvalue weighted by molar-refractivity contribution is -0.164. The molecule has 0 spiro atoms. The molecular formula is C52H44F2N6O4S2. The number of carboxylic acid groups (broad SMARTS) is 2. The largest absolute Gasteiger partial charge is 0.480 e. The van der Waals surface area contributed by atoms with Crippen molar-refractivity contribution in [3.05, 3.63) is 166 Å². The number of aliphatic carboxylic acids is 2. The highest BCUT2D eigenvalue weighted by atomic mass is 32.1. The Morgan fingerprint density at radius 1 is 0.682 bits per heavy atom. The maximum Gasteiger partial charge on any atom is 0.328 e. The summed E-state index contributed by atoms with van der Waals surface area (Å²) in [6.45, 7) is 3.35. The lowest BCUT2D eigenvalue weighted by Gasteiger charge is -2.50. The van der Waals surface area contributed by atoms with Gasteiger partial charge in [-0.05, 0) is 116 Å². The zero-order valence-electron chi connectivity index (χ0n) is 36.1. The summed E-state index contributed by atoms with van der Waals surface area (Å²) in [5, 5.41) is 24.8. The summed E-state index contributed by atoms with van der Waals surface area (Å²) < 4.78 is 33.2. The first-order valence-electron chi connectivity index (χ1n) is 22.1. The molecule has 1 aliphatic heterocycles. The Balaban J connectivity index is 0.927. The SMILES string of the molecule is CC(C)(NCc1cc(F)c(-c2nc3ccc(C4(c5ccccc5)CC4)nc3s2)c(C2(C(=O)O)CCN2Cc2ccc(-c3nc4ccc(C5(c6ccccc6)CC5)nc4s3)c(F)c2)c1)C(=O)O. The highest BCUT2D eigenvalue weighted by Crippen LogP contribution is 2.55. The van der Waals surface area contributed by atoms with Crippen LogP contribution in [0.4, 0.5) is 8.78 Å². The third kappa shape index (κ3) is 7.00. The molecule has 0 bridgehead atoms. The molecule has 1 atom stereocenters. The Kier molecular flexibility index (Phi) is 10.0. The molecule has 10 nitrogen and oxygen atoms in total. The van der Waals surface area contributed by atoms with Crippen LogP contribution in [0.1, 0.15) is 85.2 Å². The summed E-state index contributed by atoms with van der Waals surface area (Å²) in [6.07, 6.45) is 4.07. The minimum absolute atomic E-state index is 0.0441. The number of aromatic nitrogens is 4. The van der Waals surface area contributed by atoms with E-state index in [1.54, 1.807) is 23.1 Å². The zero-order valence-corrected chi connectivity index (χ0v) is 37.8. The number of likely N-dealkylation sites (tertiary alicyclic amines) is 1. The molecule has 1 saturated heterocycles. The molecule has 0 radical (unpaired) electrons. The van der Waals surface area contributed by atoms with Gasteiger partial charge in [0.2, 0.25) is 0 Å². The van der Waals surface area contributed by atoms with Gasteiger partial charge >= 0.3 is 11.9 Å². The summed E-state index contributed by atoms with van der Waals surface area (Å²) in [5.41, 5.74) is 3.62. The Hall–Kier alpha value is -6.32. The number of benzene rings is 4. The molecule has 2 saturated carbocycles. The number of pyridine rings is 2. The topological polar surface area (TPSA) is 141 Å². The van der Waals surface area contributed by atoms with Crippen molar-refractivity contribution in [1.29, 1.82) is 0 Å². The summed E-state index contributed by atoms with van der Waals surface area (Å²) >= 11 is 2.54. The van der Waals surface area contributed by atoms with Crippen LogP contribution in [0, 0.1) is 11.6 Å². The molecule has 3 fully saturated rings. The number of fused-ring (bicyclic) bond motifs is 2. The first kappa shape index (κ1) is 42.3. The van der Waals surface area contributed by atoms with E-state index in [1.165, 1.54) is 59.8 Å². The minimum atomic E-state index is -1.72. The molecule has 8 aromatic rings. The van der Waals surface area contributed by atoms with E-state index < -0.39 is 34.7 Å². The van der Waals surface area contributed by atoms with Gasteiger partial charge in [0.15, 0.2) is 0 Å². The molecule has 1 unspecified atom stereocenters. The van der Waals surface area contributed by atoms with Gasteiger partial charge in [-0.15, -0.1) is 0 Å². The molecule has 66 heavy (non-hydrogen) atoms. The number of nitrogens with zero attached hydrogens (tertiary/aromatic N) is 5. The number of hydrogen-bond acceptors (Lipinski definition) is 10. The van der Waals surface area contributed by atoms with E-state index in [0.717, 1.165) is 41.9 Å². The van der Waals surface area contributed by atoms with E-state index in [-0.39, 0.29) is 46.5 Å². The average molecular weight is 919 g/mol. The van der Waals surface area contributed by atoms with Gasteiger partial charge in [0.25, 0.3) is 0 Å². The van der Waals surface area contributed by atoms with Gasteiger partial charge < -0.3 is 10.2 Å². The van der Waals surface area contributed by atoms with Crippen molar-refractivity contribution >= 4 is 55.3 Å². The van der Waals surface area contributed by atoms with E-state index in [1.807, 2.05) is 60.7 Å². The molecule has 14 heteroatoms. The predicted octanol–water partition coefficient (Wildman–Crippen LogP) is 10.6. The Morgan fingerprint density at radius 2 is 1.24 bits per heavy atom. The second-order valence-corrected chi connectivity index (χ2v) is 20.4. The molecule has 4 aromatic heterocycles. The molecule has 2 aliphatic carbocycles. The van der Waals surface area contributed by atoms with Crippen LogP contribution in [0.2, 0.25) is 0 Å². The monoisotopic (exact) mass is 918 g/mol. The van der Waals surface area contributed by atoms with Crippen molar-refractivity contribution in [2.45, 2.75) is 80.9 Å². The van der Waals surface area contributed by atoms with Crippen LogP contribution in [0.25, 0.3) is 41.8 Å². The number of halogens is 2. The van der Waals surface area contributed by atoms with Crippen molar-refractivity contribution in [1.82, 2.24) is 30.2 Å². The van der Waals surface area contributed by atoms with E-state index in [0.29, 0.717) is 44.1 Å². The van der Waals surface area contributed by atoms with Gasteiger partial charge in [-0.1, -0.05) is 95.5 Å². The van der Waals surface area contributed by atoms with Crippen molar-refractivity contribution in [2.75, 3.05) is 6.54 Å². The van der Waals surface area contributed by atoms with Crippen LogP contribution in [0.5, 0.6) is 0 Å². The van der Waals surface area contributed by atoms with Crippen molar-refractivity contribution in [3.63, 3.8) is 0 Å². The second kappa shape index (κ2) is 15.7. The van der Waals surface area contributed by atoms with Crippen LogP contribution in [0.15, 0.2) is 115 Å². The Bertz CT molecular complexity index is 3240. The van der Waals surface area contributed by atoms with Gasteiger partial charge in [-0.2, -0.15) is 0 Å². The van der Waals surface area contributed by atoms with Crippen LogP contribution in [-0.4, -0.2) is 59.1 Å². The first-order valence-corrected chi connectivity index (χ1v) is 23.7. The van der Waals surface area contributed by atoms with Gasteiger partial charge in [0, 0.05) is 36.0 Å². The highest BCUT2D eigenvalue weighted by molar-refractivity contribution is 7.21. The molecule has 11 rings (SSSR count). The zero-order chi connectivity index (χ0) is 45.6. The number of thiazole rings is 2. The fourth-order valence-corrected chi connectivity index (χ4v) is 11.6. The normalized spacial score (nSPS) is 18.6. The van der Waals surface area contributed by atoms with E-state index in [9.17, 15) is 19.8 Å². The number of hydrogen-bond donors (Lipinski definition) is 3. The maximum absolute atomic E-state index is 16.9. The van der Waals surface area contributed by atoms with Crippen LogP contribution >= 0.6 is 22.7 Å². The third-order valence-electron chi connectivity index (χ3n) is 14.0. The number of nitrogens with one attached hydrogen (secondary N) is 1. The van der Waals surface area contributed by atoms with E-state index in [2.05, 4.69) is 29.6 Å². The Labute approximate surface area is 387 Å². The summed E-state index contributed by atoms with van der Waals surface area (Å²) in [5.74, 6) is -3.47. The van der Waals surface area contributed by atoms with E-state index >= 15 is 8.78 Å². The molecule has 0 amide bonds. The van der Waals surface area contributed by atoms with E-state index in [4.69, 9.17) is 19.9 Å². The highest BCUT2D eigenvalue weighted by Gasteiger charge is 2.55. The van der Waals surface area contributed by atoms with Gasteiger partial charge in [0.05, 0.1) is 17.0 Å². The number of carboxylic acids is 2. The average Bonchev–Trinajstić information content (AvgIpc) is 4.22. The predicted molar refractivity (Wildman–Crippen MR) is 251 cm³/mol. The van der Waals surface area contributed by atoms with Crippen LogP contribution in [-0.2, 0) is 39.0 Å². The van der Waals surface area contributed by atoms with Gasteiger partial charge in [-0.3, -0.25) is 15.0 Å². The molecule has 4 aromatic carbocycles. The molecular weight excluding hydrogens is 875 g/mol.